The summed E-state index contributed by atoms with van der Waals surface area (Å²) in [5.41, 5.74) is 0.857. The molecule has 2 aromatic rings. The number of aliphatic imine (C=N–C) groups is 1. The van der Waals surface area contributed by atoms with Gasteiger partial charge in [0.2, 0.25) is 5.96 Å². The Hall–Kier alpha value is -3.27. The molecule has 0 unspecified atom stereocenters. The molecule has 7 heteroatoms. The maximum absolute atomic E-state index is 8.88. The minimum Gasteiger partial charge on any atom is -0.493 e. The van der Waals surface area contributed by atoms with Gasteiger partial charge in [-0.3, -0.25) is 15.3 Å². The standard InChI is InChI=1S/C26H37N5O2/c1-32-24-14-10-11-15-25(24)33-21-13-9-7-5-3-2-4-6-8-12-18-29-26(30-22-27)31-23-16-19-28-20-17-23/h10-11,14-17,19-20H,2-9,12-13,18,21H2,1H3,(H2,28,29,30,31). The number of para-hydroxylation sites is 2. The molecule has 0 atom stereocenters. The van der Waals surface area contributed by atoms with E-state index in [1.165, 1.54) is 51.4 Å². The second-order valence-corrected chi connectivity index (χ2v) is 7.86. The summed E-state index contributed by atoms with van der Waals surface area (Å²) < 4.78 is 11.1. The molecule has 0 amide bonds. The predicted octanol–water partition coefficient (Wildman–Crippen LogP) is 5.91. The van der Waals surface area contributed by atoms with Crippen LogP contribution in [0.3, 0.4) is 0 Å². The van der Waals surface area contributed by atoms with Crippen molar-refractivity contribution in [3.05, 3.63) is 48.8 Å². The highest BCUT2D eigenvalue weighted by Gasteiger charge is 2.02. The Labute approximate surface area is 198 Å². The maximum atomic E-state index is 8.88. The molecule has 1 aromatic carbocycles. The van der Waals surface area contributed by atoms with Crippen LogP contribution in [0.5, 0.6) is 11.5 Å². The largest absolute Gasteiger partial charge is 0.493 e. The van der Waals surface area contributed by atoms with Crippen molar-refractivity contribution < 1.29 is 9.47 Å². The second-order valence-electron chi connectivity index (χ2n) is 7.86. The van der Waals surface area contributed by atoms with Crippen molar-refractivity contribution in [2.24, 2.45) is 4.99 Å². The summed E-state index contributed by atoms with van der Waals surface area (Å²) in [6, 6.07) is 11.5. The highest BCUT2D eigenvalue weighted by molar-refractivity contribution is 5.94. The molecule has 178 valence electrons. The Morgan fingerprint density at radius 1 is 0.879 bits per heavy atom. The lowest BCUT2D eigenvalue weighted by atomic mass is 10.1. The van der Waals surface area contributed by atoms with E-state index in [4.69, 9.17) is 14.7 Å². The van der Waals surface area contributed by atoms with Gasteiger partial charge < -0.3 is 14.8 Å². The van der Waals surface area contributed by atoms with Crippen LogP contribution in [-0.4, -0.2) is 31.2 Å². The van der Waals surface area contributed by atoms with E-state index < -0.39 is 0 Å². The number of nitrogens with zero attached hydrogens (tertiary/aromatic N) is 3. The van der Waals surface area contributed by atoms with E-state index in [1.807, 2.05) is 42.6 Å². The van der Waals surface area contributed by atoms with Gasteiger partial charge in [-0.1, -0.05) is 63.5 Å². The van der Waals surface area contributed by atoms with Gasteiger partial charge in [-0.25, -0.2) is 0 Å². The first kappa shape index (κ1) is 26.0. The molecule has 7 nitrogen and oxygen atoms in total. The zero-order valence-corrected chi connectivity index (χ0v) is 19.8. The summed E-state index contributed by atoms with van der Waals surface area (Å²) in [4.78, 5) is 8.43. The van der Waals surface area contributed by atoms with Gasteiger partial charge in [-0.2, -0.15) is 5.26 Å². The van der Waals surface area contributed by atoms with E-state index in [0.717, 1.165) is 36.6 Å². The summed E-state index contributed by atoms with van der Waals surface area (Å²) in [5.74, 6) is 2.11. The fourth-order valence-electron chi connectivity index (χ4n) is 3.47. The molecule has 1 aromatic heterocycles. The van der Waals surface area contributed by atoms with Crippen molar-refractivity contribution in [3.8, 4) is 17.7 Å². The SMILES string of the molecule is COc1ccccc1OCCCCCCCCCCCCN=C(NC#N)Nc1ccncc1. The Morgan fingerprint density at radius 2 is 1.48 bits per heavy atom. The average molecular weight is 452 g/mol. The molecular weight excluding hydrogens is 414 g/mol. The zero-order valence-electron chi connectivity index (χ0n) is 19.8. The van der Waals surface area contributed by atoms with Gasteiger partial charge >= 0.3 is 0 Å². The number of anilines is 1. The van der Waals surface area contributed by atoms with Crippen molar-refractivity contribution in [1.82, 2.24) is 10.3 Å². The number of guanidine groups is 1. The van der Waals surface area contributed by atoms with Gasteiger partial charge in [0.15, 0.2) is 17.7 Å². The van der Waals surface area contributed by atoms with E-state index >= 15 is 0 Å². The Morgan fingerprint density at radius 3 is 2.12 bits per heavy atom. The van der Waals surface area contributed by atoms with Crippen LogP contribution >= 0.6 is 0 Å². The zero-order chi connectivity index (χ0) is 23.4. The van der Waals surface area contributed by atoms with Crippen LogP contribution in [0.4, 0.5) is 5.69 Å². The smallest absolute Gasteiger partial charge is 0.209 e. The minimum atomic E-state index is 0.483. The quantitative estimate of drug-likeness (QED) is 0.108. The number of methoxy groups -OCH3 is 1. The highest BCUT2D eigenvalue weighted by atomic mass is 16.5. The molecule has 0 fully saturated rings. The summed E-state index contributed by atoms with van der Waals surface area (Å²) in [5, 5.41) is 14.6. The van der Waals surface area contributed by atoms with Crippen LogP contribution in [0.2, 0.25) is 0 Å². The van der Waals surface area contributed by atoms with E-state index in [-0.39, 0.29) is 0 Å². The molecule has 0 aliphatic carbocycles. The lowest BCUT2D eigenvalue weighted by Crippen LogP contribution is -2.27. The molecule has 33 heavy (non-hydrogen) atoms. The topological polar surface area (TPSA) is 91.6 Å². The third-order valence-corrected chi connectivity index (χ3v) is 5.27. The minimum absolute atomic E-state index is 0.483. The van der Waals surface area contributed by atoms with Crippen LogP contribution in [-0.2, 0) is 0 Å². The van der Waals surface area contributed by atoms with Crippen LogP contribution in [0.1, 0.15) is 64.2 Å². The molecule has 0 bridgehead atoms. The van der Waals surface area contributed by atoms with Gasteiger partial charge in [-0.05, 0) is 37.1 Å². The maximum Gasteiger partial charge on any atom is 0.209 e. The molecule has 1 heterocycles. The van der Waals surface area contributed by atoms with Crippen molar-refractivity contribution >= 4 is 11.6 Å². The van der Waals surface area contributed by atoms with Crippen LogP contribution in [0.25, 0.3) is 0 Å². The van der Waals surface area contributed by atoms with E-state index in [9.17, 15) is 0 Å². The predicted molar refractivity (Wildman–Crippen MR) is 134 cm³/mol. The van der Waals surface area contributed by atoms with Crippen molar-refractivity contribution in [3.63, 3.8) is 0 Å². The number of hydrogen-bond acceptors (Lipinski definition) is 5. The van der Waals surface area contributed by atoms with Gasteiger partial charge in [0.25, 0.3) is 0 Å². The van der Waals surface area contributed by atoms with Crippen molar-refractivity contribution in [2.45, 2.75) is 64.2 Å². The van der Waals surface area contributed by atoms with E-state index in [1.54, 1.807) is 19.5 Å². The fourth-order valence-corrected chi connectivity index (χ4v) is 3.47. The molecular formula is C26H37N5O2. The number of benzene rings is 1. The van der Waals surface area contributed by atoms with Crippen LogP contribution in [0.15, 0.2) is 53.8 Å². The summed E-state index contributed by atoms with van der Waals surface area (Å²) in [6.45, 7) is 1.45. The Kier molecular flexibility index (Phi) is 13.6. The molecule has 0 spiro atoms. The highest BCUT2D eigenvalue weighted by Crippen LogP contribution is 2.26. The first-order valence-corrected chi connectivity index (χ1v) is 12.0. The first-order chi connectivity index (χ1) is 16.3. The number of unbranched alkanes of at least 4 members (excludes halogenated alkanes) is 9. The van der Waals surface area contributed by atoms with Gasteiger partial charge in [0.05, 0.1) is 13.7 Å². The number of aromatic nitrogens is 1. The first-order valence-electron chi connectivity index (χ1n) is 12.0. The molecule has 0 aliphatic rings. The number of nitriles is 1. The molecule has 0 radical (unpaired) electrons. The lowest BCUT2D eigenvalue weighted by Gasteiger charge is -2.10. The van der Waals surface area contributed by atoms with E-state index in [0.29, 0.717) is 12.5 Å². The molecule has 2 rings (SSSR count). The number of rotatable bonds is 16. The fraction of sp³-hybridized carbons (Fsp3) is 0.500. The molecule has 0 saturated heterocycles. The normalized spacial score (nSPS) is 11.0. The van der Waals surface area contributed by atoms with Crippen molar-refractivity contribution in [1.29, 1.82) is 5.26 Å². The third kappa shape index (κ3) is 11.8. The summed E-state index contributed by atoms with van der Waals surface area (Å²) in [6.07, 6.45) is 17.5. The second kappa shape index (κ2) is 17.3. The number of pyridine rings is 1. The monoisotopic (exact) mass is 451 g/mol. The van der Waals surface area contributed by atoms with Gasteiger partial charge in [-0.15, -0.1) is 0 Å². The van der Waals surface area contributed by atoms with Gasteiger partial charge in [0.1, 0.15) is 0 Å². The summed E-state index contributed by atoms with van der Waals surface area (Å²) >= 11 is 0. The number of hydrogen-bond donors (Lipinski definition) is 2. The Balaban J connectivity index is 1.41. The Bertz CT molecular complexity index is 836. The molecule has 0 aliphatic heterocycles. The van der Waals surface area contributed by atoms with Crippen LogP contribution < -0.4 is 20.1 Å². The van der Waals surface area contributed by atoms with Gasteiger partial charge in [0, 0.05) is 24.6 Å². The third-order valence-electron chi connectivity index (χ3n) is 5.27. The number of ether oxygens (including phenoxy) is 2. The average Bonchev–Trinajstić information content (AvgIpc) is 2.85. The lowest BCUT2D eigenvalue weighted by molar-refractivity contribution is 0.284. The van der Waals surface area contributed by atoms with E-state index in [2.05, 4.69) is 20.6 Å². The number of nitrogens with one attached hydrogen (secondary N) is 2. The van der Waals surface area contributed by atoms with Crippen molar-refractivity contribution in [2.75, 3.05) is 25.6 Å². The molecule has 0 saturated carbocycles. The van der Waals surface area contributed by atoms with Crippen LogP contribution in [0, 0.1) is 11.5 Å². The molecule has 2 N–H and O–H groups in total. The summed E-state index contributed by atoms with van der Waals surface area (Å²) in [7, 11) is 1.67.